The van der Waals surface area contributed by atoms with Crippen LogP contribution >= 0.6 is 11.8 Å². The van der Waals surface area contributed by atoms with Gasteiger partial charge in [-0.05, 0) is 43.3 Å². The molecule has 0 aliphatic rings. The first-order valence-electron chi connectivity index (χ1n) is 8.24. The highest BCUT2D eigenvalue weighted by atomic mass is 32.2. The number of aryl methyl sites for hydroxylation is 1. The van der Waals surface area contributed by atoms with Crippen LogP contribution in [0.25, 0.3) is 11.4 Å². The molecule has 3 rings (SSSR count). The van der Waals surface area contributed by atoms with Crippen LogP contribution in [0.1, 0.15) is 15.9 Å². The van der Waals surface area contributed by atoms with Crippen LogP contribution < -0.4 is 9.47 Å². The molecule has 6 nitrogen and oxygen atoms in total. The standard InChI is InChI=1S/C19H17F2N3O3S/c1-11-3-8-16(27-18(20)21)14(9-11)15(25)10-28-19-22-17(23-24-19)12-4-6-13(26-2)7-5-12/h3-9,18H,10H2,1-2H3,(H,22,23,24). The van der Waals surface area contributed by atoms with Crippen LogP contribution in [-0.2, 0) is 0 Å². The number of Topliss-reactive ketones (excluding diaryl/α,β-unsaturated/α-hetero) is 1. The maximum Gasteiger partial charge on any atom is 0.387 e. The molecule has 0 atom stereocenters. The second kappa shape index (κ2) is 8.83. The molecule has 0 bridgehead atoms. The first kappa shape index (κ1) is 19.8. The Labute approximate surface area is 164 Å². The summed E-state index contributed by atoms with van der Waals surface area (Å²) in [7, 11) is 1.58. The number of hydrogen-bond acceptors (Lipinski definition) is 6. The van der Waals surface area contributed by atoms with E-state index in [4.69, 9.17) is 4.74 Å². The van der Waals surface area contributed by atoms with Crippen molar-refractivity contribution < 1.29 is 23.0 Å². The average Bonchev–Trinajstić information content (AvgIpc) is 3.16. The number of hydrogen-bond donors (Lipinski definition) is 1. The highest BCUT2D eigenvalue weighted by Gasteiger charge is 2.17. The number of ketones is 1. The summed E-state index contributed by atoms with van der Waals surface area (Å²) >= 11 is 1.11. The fourth-order valence-corrected chi connectivity index (χ4v) is 3.14. The first-order valence-corrected chi connectivity index (χ1v) is 9.23. The Kier molecular flexibility index (Phi) is 6.25. The second-order valence-electron chi connectivity index (χ2n) is 5.79. The second-order valence-corrected chi connectivity index (χ2v) is 6.73. The summed E-state index contributed by atoms with van der Waals surface area (Å²) in [5.41, 5.74) is 1.70. The molecule has 0 spiro atoms. The summed E-state index contributed by atoms with van der Waals surface area (Å²) in [5, 5.41) is 7.27. The normalized spacial score (nSPS) is 10.9. The van der Waals surface area contributed by atoms with Gasteiger partial charge in [0.1, 0.15) is 11.5 Å². The van der Waals surface area contributed by atoms with Crippen molar-refractivity contribution in [3.63, 3.8) is 0 Å². The molecular formula is C19H17F2N3O3S. The third-order valence-electron chi connectivity index (χ3n) is 3.81. The maximum atomic E-state index is 12.6. The molecule has 0 amide bonds. The summed E-state index contributed by atoms with van der Waals surface area (Å²) in [6.45, 7) is -1.23. The molecule has 146 valence electrons. The van der Waals surface area contributed by atoms with E-state index in [0.717, 1.165) is 28.6 Å². The van der Waals surface area contributed by atoms with Crippen molar-refractivity contribution >= 4 is 17.5 Å². The van der Waals surface area contributed by atoms with Gasteiger partial charge in [0.2, 0.25) is 5.16 Å². The third-order valence-corrected chi connectivity index (χ3v) is 4.66. The topological polar surface area (TPSA) is 77.1 Å². The zero-order valence-electron chi connectivity index (χ0n) is 15.1. The van der Waals surface area contributed by atoms with Crippen molar-refractivity contribution in [2.24, 2.45) is 0 Å². The number of nitrogens with one attached hydrogen (secondary N) is 1. The lowest BCUT2D eigenvalue weighted by Gasteiger charge is -2.10. The van der Waals surface area contributed by atoms with E-state index in [1.165, 1.54) is 12.1 Å². The van der Waals surface area contributed by atoms with E-state index in [1.54, 1.807) is 32.2 Å². The van der Waals surface area contributed by atoms with Gasteiger partial charge in [-0.3, -0.25) is 9.89 Å². The highest BCUT2D eigenvalue weighted by Crippen LogP contribution is 2.26. The van der Waals surface area contributed by atoms with Gasteiger partial charge in [-0.1, -0.05) is 23.4 Å². The van der Waals surface area contributed by atoms with Gasteiger partial charge in [0.25, 0.3) is 0 Å². The Bertz CT molecular complexity index is 961. The van der Waals surface area contributed by atoms with E-state index in [0.29, 0.717) is 11.0 Å². The Morgan fingerprint density at radius 2 is 1.96 bits per heavy atom. The quantitative estimate of drug-likeness (QED) is 0.443. The largest absolute Gasteiger partial charge is 0.497 e. The van der Waals surface area contributed by atoms with Crippen LogP contribution in [0, 0.1) is 6.92 Å². The molecule has 0 fully saturated rings. The van der Waals surface area contributed by atoms with Crippen LogP contribution in [0.15, 0.2) is 47.6 Å². The zero-order chi connectivity index (χ0) is 20.1. The molecule has 0 radical (unpaired) electrons. The number of alkyl halides is 2. The van der Waals surface area contributed by atoms with Crippen LogP contribution in [0.4, 0.5) is 8.78 Å². The van der Waals surface area contributed by atoms with Crippen molar-refractivity contribution in [3.05, 3.63) is 53.6 Å². The van der Waals surface area contributed by atoms with Gasteiger partial charge in [-0.15, -0.1) is 5.10 Å². The Morgan fingerprint density at radius 1 is 1.21 bits per heavy atom. The van der Waals surface area contributed by atoms with E-state index < -0.39 is 6.61 Å². The van der Waals surface area contributed by atoms with Gasteiger partial charge in [-0.2, -0.15) is 8.78 Å². The van der Waals surface area contributed by atoms with Crippen LogP contribution in [0.3, 0.4) is 0 Å². The van der Waals surface area contributed by atoms with Gasteiger partial charge < -0.3 is 9.47 Å². The minimum atomic E-state index is -3.00. The Balaban J connectivity index is 1.68. The maximum absolute atomic E-state index is 12.6. The van der Waals surface area contributed by atoms with Gasteiger partial charge in [0.15, 0.2) is 11.6 Å². The molecule has 1 heterocycles. The van der Waals surface area contributed by atoms with Crippen molar-refractivity contribution in [2.75, 3.05) is 12.9 Å². The molecule has 0 aliphatic carbocycles. The zero-order valence-corrected chi connectivity index (χ0v) is 15.9. The van der Waals surface area contributed by atoms with E-state index in [-0.39, 0.29) is 22.8 Å². The highest BCUT2D eigenvalue weighted by molar-refractivity contribution is 7.99. The summed E-state index contributed by atoms with van der Waals surface area (Å²) in [5.74, 6) is 0.779. The van der Waals surface area contributed by atoms with E-state index in [9.17, 15) is 13.6 Å². The average molecular weight is 405 g/mol. The number of methoxy groups -OCH3 is 1. The van der Waals surface area contributed by atoms with E-state index in [1.807, 2.05) is 12.1 Å². The number of ether oxygens (including phenoxy) is 2. The molecule has 3 aromatic rings. The number of H-pyrrole nitrogens is 1. The van der Waals surface area contributed by atoms with Crippen molar-refractivity contribution in [1.82, 2.24) is 15.2 Å². The van der Waals surface area contributed by atoms with Crippen LogP contribution in [-0.4, -0.2) is 40.4 Å². The minimum Gasteiger partial charge on any atom is -0.497 e. The molecule has 1 aromatic heterocycles. The lowest BCUT2D eigenvalue weighted by atomic mass is 10.1. The number of carbonyl (C=O) groups excluding carboxylic acids is 1. The molecule has 28 heavy (non-hydrogen) atoms. The molecule has 9 heteroatoms. The molecule has 0 saturated heterocycles. The van der Waals surface area contributed by atoms with Gasteiger partial charge in [0, 0.05) is 5.56 Å². The lowest BCUT2D eigenvalue weighted by Crippen LogP contribution is -2.10. The van der Waals surface area contributed by atoms with E-state index in [2.05, 4.69) is 19.9 Å². The molecule has 0 saturated carbocycles. The fourth-order valence-electron chi connectivity index (χ4n) is 2.46. The number of aromatic nitrogens is 3. The van der Waals surface area contributed by atoms with Crippen LogP contribution in [0.2, 0.25) is 0 Å². The number of rotatable bonds is 8. The Morgan fingerprint density at radius 3 is 2.64 bits per heavy atom. The minimum absolute atomic E-state index is 0.0110. The number of nitrogens with zero attached hydrogens (tertiary/aromatic N) is 2. The molecule has 0 aliphatic heterocycles. The van der Waals surface area contributed by atoms with Gasteiger partial charge in [0.05, 0.1) is 18.4 Å². The molecule has 0 unspecified atom stereocenters. The van der Waals surface area contributed by atoms with E-state index >= 15 is 0 Å². The summed E-state index contributed by atoms with van der Waals surface area (Å²) in [4.78, 5) is 16.8. The number of benzene rings is 2. The van der Waals surface area contributed by atoms with Crippen molar-refractivity contribution in [3.8, 4) is 22.9 Å². The Hall–Kier alpha value is -2.94. The van der Waals surface area contributed by atoms with Gasteiger partial charge >= 0.3 is 6.61 Å². The lowest BCUT2D eigenvalue weighted by molar-refractivity contribution is -0.0501. The SMILES string of the molecule is COc1ccc(-c2nc(SCC(=O)c3cc(C)ccc3OC(F)F)n[nH]2)cc1. The fraction of sp³-hybridized carbons (Fsp3) is 0.211. The molecular weight excluding hydrogens is 388 g/mol. The summed E-state index contributed by atoms with van der Waals surface area (Å²) in [6, 6.07) is 11.8. The van der Waals surface area contributed by atoms with Gasteiger partial charge in [-0.25, -0.2) is 4.98 Å². The number of carbonyl (C=O) groups is 1. The molecule has 1 N–H and O–H groups in total. The smallest absolute Gasteiger partial charge is 0.387 e. The number of aromatic amines is 1. The van der Waals surface area contributed by atoms with Crippen molar-refractivity contribution in [2.45, 2.75) is 18.7 Å². The first-order chi connectivity index (χ1) is 13.5. The number of halogens is 2. The molecule has 2 aromatic carbocycles. The third kappa shape index (κ3) is 4.86. The summed E-state index contributed by atoms with van der Waals surface area (Å²) in [6.07, 6.45) is 0. The monoisotopic (exact) mass is 405 g/mol. The number of thioether (sulfide) groups is 1. The predicted molar refractivity (Wildman–Crippen MR) is 101 cm³/mol. The predicted octanol–water partition coefficient (Wildman–Crippen LogP) is 4.37. The van der Waals surface area contributed by atoms with Crippen molar-refractivity contribution in [1.29, 1.82) is 0 Å². The van der Waals surface area contributed by atoms with Crippen LogP contribution in [0.5, 0.6) is 11.5 Å². The summed E-state index contributed by atoms with van der Waals surface area (Å²) < 4.78 is 34.7.